The van der Waals surface area contributed by atoms with Gasteiger partial charge in [-0.05, 0) is 39.5 Å². The van der Waals surface area contributed by atoms with E-state index in [4.69, 9.17) is 11.6 Å². The summed E-state index contributed by atoms with van der Waals surface area (Å²) in [7, 11) is 0. The summed E-state index contributed by atoms with van der Waals surface area (Å²) in [6, 6.07) is 0.720. The van der Waals surface area contributed by atoms with Gasteiger partial charge in [0.05, 0.1) is 0 Å². The minimum atomic E-state index is -0.335. The van der Waals surface area contributed by atoms with Crippen molar-refractivity contribution in [1.29, 1.82) is 0 Å². The highest BCUT2D eigenvalue weighted by molar-refractivity contribution is 6.30. The van der Waals surface area contributed by atoms with Crippen molar-refractivity contribution in [3.05, 3.63) is 0 Å². The summed E-state index contributed by atoms with van der Waals surface area (Å²) in [5.41, 5.74) is 0. The second-order valence-corrected chi connectivity index (χ2v) is 4.78. The first-order chi connectivity index (χ1) is 6.57. The average molecular weight is 218 g/mol. The van der Waals surface area contributed by atoms with E-state index in [1.807, 2.05) is 11.8 Å². The van der Waals surface area contributed by atoms with Crippen LogP contribution < -0.4 is 0 Å². The van der Waals surface area contributed by atoms with Crippen LogP contribution in [0, 0.1) is 0 Å². The molecule has 1 aliphatic rings. The molecule has 0 aromatic carbocycles. The van der Waals surface area contributed by atoms with Gasteiger partial charge < -0.3 is 4.90 Å². The predicted octanol–water partition coefficient (Wildman–Crippen LogP) is 2.79. The van der Waals surface area contributed by atoms with Gasteiger partial charge in [0, 0.05) is 12.1 Å². The summed E-state index contributed by atoms with van der Waals surface area (Å²) < 4.78 is 0. The van der Waals surface area contributed by atoms with Gasteiger partial charge in [-0.2, -0.15) is 0 Å². The Kier molecular flexibility index (Phi) is 4.24. The average Bonchev–Trinajstić information content (AvgIpc) is 2.16. The number of carbonyl (C=O) groups excluding carboxylic acids is 1. The molecular formula is C11H20ClNO. The number of likely N-dealkylation sites (tertiary alicyclic amines) is 1. The zero-order chi connectivity index (χ0) is 10.7. The third kappa shape index (κ3) is 2.41. The van der Waals surface area contributed by atoms with Gasteiger partial charge in [-0.15, -0.1) is 11.6 Å². The van der Waals surface area contributed by atoms with Crippen molar-refractivity contribution in [1.82, 2.24) is 4.90 Å². The second-order valence-electron chi connectivity index (χ2n) is 4.25. The van der Waals surface area contributed by atoms with E-state index in [1.54, 1.807) is 0 Å². The van der Waals surface area contributed by atoms with Crippen LogP contribution in [-0.2, 0) is 4.79 Å². The molecule has 1 heterocycles. The summed E-state index contributed by atoms with van der Waals surface area (Å²) in [5, 5.41) is -0.335. The molecule has 0 spiro atoms. The molecule has 0 aliphatic carbocycles. The molecule has 1 aliphatic heterocycles. The standard InChI is InChI=1S/C11H20ClNO/c1-4-10(12)11(14)13-8(2)6-5-7-9(13)3/h8-10H,4-7H2,1-3H3. The van der Waals surface area contributed by atoms with Crippen LogP contribution in [0.1, 0.15) is 46.5 Å². The van der Waals surface area contributed by atoms with Gasteiger partial charge in [0.2, 0.25) is 5.91 Å². The normalized spacial score (nSPS) is 30.1. The van der Waals surface area contributed by atoms with Gasteiger partial charge in [0.25, 0.3) is 0 Å². The van der Waals surface area contributed by atoms with Crippen LogP contribution in [0.15, 0.2) is 0 Å². The fourth-order valence-electron chi connectivity index (χ4n) is 2.19. The van der Waals surface area contributed by atoms with Crippen molar-refractivity contribution in [3.63, 3.8) is 0 Å². The molecule has 0 saturated carbocycles. The SMILES string of the molecule is CCC(Cl)C(=O)N1C(C)CCCC1C. The number of halogens is 1. The third-order valence-corrected chi connectivity index (χ3v) is 3.57. The lowest BCUT2D eigenvalue weighted by Gasteiger charge is -2.40. The quantitative estimate of drug-likeness (QED) is 0.652. The van der Waals surface area contributed by atoms with E-state index in [0.29, 0.717) is 12.1 Å². The summed E-state index contributed by atoms with van der Waals surface area (Å²) >= 11 is 5.99. The Morgan fingerprint density at radius 3 is 2.36 bits per heavy atom. The Balaban J connectivity index is 2.67. The molecule has 0 aromatic heterocycles. The van der Waals surface area contributed by atoms with Crippen molar-refractivity contribution in [2.45, 2.75) is 63.9 Å². The molecule has 0 aromatic rings. The maximum absolute atomic E-state index is 11.9. The van der Waals surface area contributed by atoms with E-state index in [0.717, 1.165) is 19.3 Å². The van der Waals surface area contributed by atoms with Crippen LogP contribution in [0.25, 0.3) is 0 Å². The smallest absolute Gasteiger partial charge is 0.241 e. The van der Waals surface area contributed by atoms with Crippen LogP contribution in [-0.4, -0.2) is 28.3 Å². The molecule has 3 heteroatoms. The zero-order valence-corrected chi connectivity index (χ0v) is 10.0. The highest BCUT2D eigenvalue weighted by Crippen LogP contribution is 2.24. The Morgan fingerprint density at radius 1 is 1.43 bits per heavy atom. The van der Waals surface area contributed by atoms with Crippen LogP contribution in [0.3, 0.4) is 0 Å². The Hall–Kier alpha value is -0.240. The molecule has 1 amide bonds. The largest absolute Gasteiger partial charge is 0.336 e. The number of hydrogen-bond acceptors (Lipinski definition) is 1. The van der Waals surface area contributed by atoms with Gasteiger partial charge in [-0.3, -0.25) is 4.79 Å². The first-order valence-electron chi connectivity index (χ1n) is 5.54. The molecule has 0 bridgehead atoms. The van der Waals surface area contributed by atoms with Gasteiger partial charge >= 0.3 is 0 Å². The van der Waals surface area contributed by atoms with E-state index in [2.05, 4.69) is 13.8 Å². The maximum Gasteiger partial charge on any atom is 0.241 e. The van der Waals surface area contributed by atoms with E-state index in [9.17, 15) is 4.79 Å². The predicted molar refractivity (Wildman–Crippen MR) is 59.6 cm³/mol. The number of nitrogens with zero attached hydrogens (tertiary/aromatic N) is 1. The molecule has 14 heavy (non-hydrogen) atoms. The molecule has 1 rings (SSSR count). The van der Waals surface area contributed by atoms with Crippen molar-refractivity contribution in [3.8, 4) is 0 Å². The van der Waals surface area contributed by atoms with Gasteiger partial charge in [0.1, 0.15) is 5.38 Å². The number of piperidine rings is 1. The molecule has 3 atom stereocenters. The van der Waals surface area contributed by atoms with Crippen LogP contribution in [0.2, 0.25) is 0 Å². The number of hydrogen-bond donors (Lipinski definition) is 0. The minimum absolute atomic E-state index is 0.119. The minimum Gasteiger partial charge on any atom is -0.336 e. The van der Waals surface area contributed by atoms with Crippen molar-refractivity contribution in [2.24, 2.45) is 0 Å². The molecule has 82 valence electrons. The van der Waals surface area contributed by atoms with Gasteiger partial charge in [-0.25, -0.2) is 0 Å². The van der Waals surface area contributed by atoms with Crippen LogP contribution >= 0.6 is 11.6 Å². The van der Waals surface area contributed by atoms with Gasteiger partial charge in [0.15, 0.2) is 0 Å². The van der Waals surface area contributed by atoms with E-state index >= 15 is 0 Å². The van der Waals surface area contributed by atoms with E-state index in [1.165, 1.54) is 6.42 Å². The van der Waals surface area contributed by atoms with Crippen LogP contribution in [0.5, 0.6) is 0 Å². The summed E-state index contributed by atoms with van der Waals surface area (Å²) in [6.07, 6.45) is 4.17. The Bertz CT molecular complexity index is 197. The summed E-state index contributed by atoms with van der Waals surface area (Å²) in [4.78, 5) is 13.9. The molecule has 1 saturated heterocycles. The van der Waals surface area contributed by atoms with E-state index in [-0.39, 0.29) is 11.3 Å². The van der Waals surface area contributed by atoms with Crippen molar-refractivity contribution in [2.75, 3.05) is 0 Å². The maximum atomic E-state index is 11.9. The first kappa shape index (κ1) is 11.8. The summed E-state index contributed by atoms with van der Waals surface area (Å²) in [6.45, 7) is 6.19. The molecule has 3 unspecified atom stereocenters. The highest BCUT2D eigenvalue weighted by atomic mass is 35.5. The fraction of sp³-hybridized carbons (Fsp3) is 0.909. The number of rotatable bonds is 2. The lowest BCUT2D eigenvalue weighted by molar-refractivity contribution is -0.136. The second kappa shape index (κ2) is 5.01. The molecule has 0 N–H and O–H groups in total. The lowest BCUT2D eigenvalue weighted by Crippen LogP contribution is -2.50. The number of amides is 1. The molecule has 2 nitrogen and oxygen atoms in total. The number of carbonyl (C=O) groups is 1. The Morgan fingerprint density at radius 2 is 1.93 bits per heavy atom. The van der Waals surface area contributed by atoms with E-state index < -0.39 is 0 Å². The fourth-order valence-corrected chi connectivity index (χ4v) is 2.30. The lowest BCUT2D eigenvalue weighted by atomic mass is 9.97. The number of alkyl halides is 1. The highest BCUT2D eigenvalue weighted by Gasteiger charge is 2.31. The monoisotopic (exact) mass is 217 g/mol. The first-order valence-corrected chi connectivity index (χ1v) is 5.97. The molecular weight excluding hydrogens is 198 g/mol. The zero-order valence-electron chi connectivity index (χ0n) is 9.29. The molecule has 0 radical (unpaired) electrons. The van der Waals surface area contributed by atoms with Crippen molar-refractivity contribution < 1.29 is 4.79 Å². The topological polar surface area (TPSA) is 20.3 Å². The van der Waals surface area contributed by atoms with Gasteiger partial charge in [-0.1, -0.05) is 6.92 Å². The van der Waals surface area contributed by atoms with Crippen molar-refractivity contribution >= 4 is 17.5 Å². The Labute approximate surface area is 91.6 Å². The van der Waals surface area contributed by atoms with Crippen LogP contribution in [0.4, 0.5) is 0 Å². The third-order valence-electron chi connectivity index (χ3n) is 3.07. The summed E-state index contributed by atoms with van der Waals surface area (Å²) in [5.74, 6) is 0.119. The molecule has 1 fully saturated rings.